The molecule has 1 aromatic rings. The summed E-state index contributed by atoms with van der Waals surface area (Å²) < 4.78 is 5.09. The van der Waals surface area contributed by atoms with Crippen LogP contribution in [0.3, 0.4) is 0 Å². The van der Waals surface area contributed by atoms with E-state index in [2.05, 4.69) is 14.7 Å². The zero-order chi connectivity index (χ0) is 8.23. The van der Waals surface area contributed by atoms with E-state index in [4.69, 9.17) is 0 Å². The molecule has 0 aromatic carbocycles. The molecule has 0 atom stereocenters. The summed E-state index contributed by atoms with van der Waals surface area (Å²) in [5, 5.41) is 4.10. The minimum absolute atomic E-state index is 0.749. The molecule has 1 aliphatic heterocycles. The van der Waals surface area contributed by atoms with E-state index in [0.717, 1.165) is 22.7 Å². The normalized spacial score (nSPS) is 19.7. The van der Waals surface area contributed by atoms with Gasteiger partial charge in [-0.15, -0.1) is 0 Å². The van der Waals surface area contributed by atoms with E-state index >= 15 is 0 Å². The van der Waals surface area contributed by atoms with Crippen LogP contribution in [0.5, 0.6) is 0 Å². The first-order valence-corrected chi connectivity index (χ1v) is 5.74. The van der Waals surface area contributed by atoms with Crippen LogP contribution >= 0.6 is 23.3 Å². The van der Waals surface area contributed by atoms with Gasteiger partial charge in [0, 0.05) is 5.25 Å². The van der Waals surface area contributed by atoms with E-state index in [9.17, 15) is 0 Å². The molecule has 0 amide bonds. The van der Waals surface area contributed by atoms with Gasteiger partial charge in [-0.05, 0) is 37.5 Å². The Kier molecular flexibility index (Phi) is 2.97. The van der Waals surface area contributed by atoms with Crippen molar-refractivity contribution in [3.63, 3.8) is 0 Å². The van der Waals surface area contributed by atoms with Crippen molar-refractivity contribution in [2.75, 3.05) is 13.1 Å². The number of rotatable bonds is 2. The Morgan fingerprint density at radius 3 is 3.00 bits per heavy atom. The van der Waals surface area contributed by atoms with Crippen LogP contribution < -0.4 is 5.32 Å². The summed E-state index contributed by atoms with van der Waals surface area (Å²) >= 11 is 3.37. The monoisotopic (exact) mass is 201 g/mol. The summed E-state index contributed by atoms with van der Waals surface area (Å²) in [5.41, 5.74) is 0. The Morgan fingerprint density at radius 1 is 1.50 bits per heavy atom. The molecule has 0 unspecified atom stereocenters. The standard InChI is InChI=1S/C7H11N3S2/c1-3-8-4-2-6(1)11-7-9-5-10-12-7/h5-6,8H,1-4H2. The second-order valence-electron chi connectivity index (χ2n) is 2.77. The van der Waals surface area contributed by atoms with Crippen molar-refractivity contribution in [2.24, 2.45) is 0 Å². The molecule has 1 aromatic heterocycles. The van der Waals surface area contributed by atoms with E-state index in [1.165, 1.54) is 24.4 Å². The van der Waals surface area contributed by atoms with Crippen LogP contribution in [0.15, 0.2) is 10.7 Å². The second-order valence-corrected chi connectivity index (χ2v) is 5.10. The topological polar surface area (TPSA) is 37.8 Å². The molecule has 1 N–H and O–H groups in total. The van der Waals surface area contributed by atoms with Crippen LogP contribution in [-0.2, 0) is 0 Å². The summed E-state index contributed by atoms with van der Waals surface area (Å²) in [6, 6.07) is 0. The second kappa shape index (κ2) is 4.20. The largest absolute Gasteiger partial charge is 0.317 e. The van der Waals surface area contributed by atoms with Gasteiger partial charge in [-0.2, -0.15) is 4.37 Å². The SMILES string of the molecule is c1nsc(SC2CCNCC2)n1. The molecule has 0 radical (unpaired) electrons. The lowest BCUT2D eigenvalue weighted by Crippen LogP contribution is -2.29. The summed E-state index contributed by atoms with van der Waals surface area (Å²) in [5.74, 6) is 0. The Morgan fingerprint density at radius 2 is 2.33 bits per heavy atom. The van der Waals surface area contributed by atoms with E-state index in [-0.39, 0.29) is 0 Å². The predicted octanol–water partition coefficient (Wildman–Crippen LogP) is 1.38. The smallest absolute Gasteiger partial charge is 0.170 e. The van der Waals surface area contributed by atoms with Crippen molar-refractivity contribution in [1.82, 2.24) is 14.7 Å². The maximum absolute atomic E-state index is 4.16. The number of thioether (sulfide) groups is 1. The van der Waals surface area contributed by atoms with Crippen LogP contribution in [0.2, 0.25) is 0 Å². The van der Waals surface area contributed by atoms with Crippen molar-refractivity contribution in [2.45, 2.75) is 22.4 Å². The molecule has 1 aliphatic rings. The molecule has 12 heavy (non-hydrogen) atoms. The Bertz CT molecular complexity index is 219. The van der Waals surface area contributed by atoms with Crippen LogP contribution in [-0.4, -0.2) is 27.7 Å². The number of piperidine rings is 1. The van der Waals surface area contributed by atoms with Gasteiger partial charge in [0.25, 0.3) is 0 Å². The number of hydrogen-bond acceptors (Lipinski definition) is 5. The average molecular weight is 201 g/mol. The number of nitrogens with zero attached hydrogens (tertiary/aromatic N) is 2. The molecule has 5 heteroatoms. The lowest BCUT2D eigenvalue weighted by Gasteiger charge is -2.20. The van der Waals surface area contributed by atoms with Crippen LogP contribution in [0.4, 0.5) is 0 Å². The predicted molar refractivity (Wildman–Crippen MR) is 51.7 cm³/mol. The average Bonchev–Trinajstić information content (AvgIpc) is 2.59. The quantitative estimate of drug-likeness (QED) is 0.784. The van der Waals surface area contributed by atoms with Gasteiger partial charge in [-0.3, -0.25) is 0 Å². The first-order valence-electron chi connectivity index (χ1n) is 4.09. The molecule has 0 aliphatic carbocycles. The van der Waals surface area contributed by atoms with Crippen molar-refractivity contribution in [3.05, 3.63) is 6.33 Å². The van der Waals surface area contributed by atoms with Crippen molar-refractivity contribution >= 4 is 23.3 Å². The Hall–Kier alpha value is -0.130. The summed E-state index contributed by atoms with van der Waals surface area (Å²) in [6.45, 7) is 2.30. The maximum Gasteiger partial charge on any atom is 0.170 e. The van der Waals surface area contributed by atoms with Crippen LogP contribution in [0.25, 0.3) is 0 Å². The van der Waals surface area contributed by atoms with Gasteiger partial charge in [0.05, 0.1) is 0 Å². The molecule has 66 valence electrons. The number of hydrogen-bond donors (Lipinski definition) is 1. The summed E-state index contributed by atoms with van der Waals surface area (Å²) in [7, 11) is 0. The number of aromatic nitrogens is 2. The molecule has 0 bridgehead atoms. The molecule has 3 nitrogen and oxygen atoms in total. The minimum atomic E-state index is 0.749. The van der Waals surface area contributed by atoms with Gasteiger partial charge >= 0.3 is 0 Å². The highest BCUT2D eigenvalue weighted by atomic mass is 32.2. The minimum Gasteiger partial charge on any atom is -0.317 e. The van der Waals surface area contributed by atoms with Crippen molar-refractivity contribution in [3.8, 4) is 0 Å². The first kappa shape index (κ1) is 8.47. The van der Waals surface area contributed by atoms with Gasteiger partial charge in [0.2, 0.25) is 0 Å². The fourth-order valence-electron chi connectivity index (χ4n) is 1.27. The van der Waals surface area contributed by atoms with Crippen molar-refractivity contribution < 1.29 is 0 Å². The lowest BCUT2D eigenvalue weighted by molar-refractivity contribution is 0.531. The molecule has 0 spiro atoms. The highest BCUT2D eigenvalue weighted by molar-refractivity contribution is 8.01. The number of nitrogens with one attached hydrogen (secondary N) is 1. The van der Waals surface area contributed by atoms with Gasteiger partial charge in [-0.25, -0.2) is 4.98 Å². The van der Waals surface area contributed by atoms with Gasteiger partial charge < -0.3 is 5.32 Å². The fourth-order valence-corrected chi connectivity index (χ4v) is 3.12. The highest BCUT2D eigenvalue weighted by Crippen LogP contribution is 2.28. The third-order valence-corrected chi connectivity index (χ3v) is 3.98. The fraction of sp³-hybridized carbons (Fsp3) is 0.714. The van der Waals surface area contributed by atoms with Gasteiger partial charge in [-0.1, -0.05) is 11.8 Å². The lowest BCUT2D eigenvalue weighted by atomic mass is 10.2. The molecular formula is C7H11N3S2. The third-order valence-electron chi connectivity index (χ3n) is 1.89. The molecule has 2 rings (SSSR count). The first-order chi connectivity index (χ1) is 5.95. The highest BCUT2D eigenvalue weighted by Gasteiger charge is 2.15. The molecule has 1 saturated heterocycles. The van der Waals surface area contributed by atoms with Gasteiger partial charge in [0.15, 0.2) is 4.34 Å². The van der Waals surface area contributed by atoms with E-state index < -0.39 is 0 Å². The summed E-state index contributed by atoms with van der Waals surface area (Å²) in [6.07, 6.45) is 4.14. The summed E-state index contributed by atoms with van der Waals surface area (Å²) in [4.78, 5) is 4.16. The van der Waals surface area contributed by atoms with E-state index in [0.29, 0.717) is 0 Å². The Labute approximate surface area is 80.1 Å². The van der Waals surface area contributed by atoms with Crippen LogP contribution in [0, 0.1) is 0 Å². The third kappa shape index (κ3) is 2.18. The molecular weight excluding hydrogens is 190 g/mol. The molecule has 0 saturated carbocycles. The molecule has 2 heterocycles. The van der Waals surface area contributed by atoms with Crippen LogP contribution in [0.1, 0.15) is 12.8 Å². The van der Waals surface area contributed by atoms with E-state index in [1.54, 1.807) is 6.33 Å². The zero-order valence-electron chi connectivity index (χ0n) is 6.69. The maximum atomic E-state index is 4.16. The Balaban J connectivity index is 1.86. The zero-order valence-corrected chi connectivity index (χ0v) is 8.33. The molecule has 1 fully saturated rings. The van der Waals surface area contributed by atoms with E-state index in [1.807, 2.05) is 11.8 Å². The van der Waals surface area contributed by atoms with Crippen molar-refractivity contribution in [1.29, 1.82) is 0 Å². The van der Waals surface area contributed by atoms with Gasteiger partial charge in [0.1, 0.15) is 6.33 Å².